The van der Waals surface area contributed by atoms with Gasteiger partial charge in [0, 0.05) is 32.4 Å². The summed E-state index contributed by atoms with van der Waals surface area (Å²) >= 11 is 1.38. The zero-order valence-electron chi connectivity index (χ0n) is 17.3. The van der Waals surface area contributed by atoms with Gasteiger partial charge in [-0.2, -0.15) is 5.10 Å². The van der Waals surface area contributed by atoms with Gasteiger partial charge >= 0.3 is 0 Å². The molecule has 2 amide bonds. The van der Waals surface area contributed by atoms with E-state index in [2.05, 4.69) is 5.10 Å². The van der Waals surface area contributed by atoms with E-state index in [0.29, 0.717) is 22.7 Å². The first-order valence-corrected chi connectivity index (χ1v) is 10.7. The van der Waals surface area contributed by atoms with E-state index in [0.717, 1.165) is 11.3 Å². The summed E-state index contributed by atoms with van der Waals surface area (Å²) in [6, 6.07) is 20.6. The highest BCUT2D eigenvalue weighted by atomic mass is 32.1. The molecule has 0 saturated carbocycles. The Morgan fingerprint density at radius 2 is 1.68 bits per heavy atom. The highest BCUT2D eigenvalue weighted by Crippen LogP contribution is 2.24. The van der Waals surface area contributed by atoms with Crippen molar-refractivity contribution in [2.75, 3.05) is 19.0 Å². The Labute approximate surface area is 185 Å². The van der Waals surface area contributed by atoms with Crippen molar-refractivity contribution in [1.29, 1.82) is 0 Å². The Kier molecular flexibility index (Phi) is 5.95. The summed E-state index contributed by atoms with van der Waals surface area (Å²) in [6.45, 7) is 0.405. The van der Waals surface area contributed by atoms with Gasteiger partial charge in [-0.3, -0.25) is 9.59 Å². The van der Waals surface area contributed by atoms with Crippen LogP contribution in [0.2, 0.25) is 0 Å². The third-order valence-electron chi connectivity index (χ3n) is 4.96. The molecule has 0 atom stereocenters. The van der Waals surface area contributed by atoms with Crippen molar-refractivity contribution in [1.82, 2.24) is 14.7 Å². The highest BCUT2D eigenvalue weighted by molar-refractivity contribution is 7.12. The Morgan fingerprint density at radius 3 is 2.42 bits per heavy atom. The number of rotatable bonds is 6. The molecule has 4 aromatic rings. The fourth-order valence-electron chi connectivity index (χ4n) is 3.34. The number of hydrogen-bond donors (Lipinski definition) is 0. The van der Waals surface area contributed by atoms with Gasteiger partial charge in [-0.15, -0.1) is 11.3 Å². The molecule has 31 heavy (non-hydrogen) atoms. The molecule has 2 heterocycles. The predicted molar refractivity (Wildman–Crippen MR) is 123 cm³/mol. The van der Waals surface area contributed by atoms with Crippen LogP contribution in [0.5, 0.6) is 0 Å². The van der Waals surface area contributed by atoms with E-state index >= 15 is 0 Å². The topological polar surface area (TPSA) is 58.4 Å². The molecule has 4 rings (SSSR count). The Bertz CT molecular complexity index is 1190. The van der Waals surface area contributed by atoms with Gasteiger partial charge in [-0.1, -0.05) is 36.4 Å². The Hall–Kier alpha value is -3.71. The third kappa shape index (κ3) is 4.41. The van der Waals surface area contributed by atoms with Crippen molar-refractivity contribution in [3.05, 3.63) is 101 Å². The Balaban J connectivity index is 1.52. The third-order valence-corrected chi connectivity index (χ3v) is 5.81. The number of nitrogens with zero attached hydrogens (tertiary/aromatic N) is 4. The number of benzene rings is 2. The number of thiophene rings is 1. The minimum Gasteiger partial charge on any atom is -0.337 e. The van der Waals surface area contributed by atoms with Crippen LogP contribution >= 0.6 is 11.3 Å². The minimum atomic E-state index is -0.158. The molecule has 2 aromatic heterocycles. The first-order chi connectivity index (χ1) is 15.0. The number of carbonyl (C=O) groups excluding carboxylic acids is 2. The van der Waals surface area contributed by atoms with Crippen LogP contribution in [0.25, 0.3) is 5.69 Å². The van der Waals surface area contributed by atoms with E-state index in [9.17, 15) is 9.59 Å². The molecule has 7 heteroatoms. The number of carbonyl (C=O) groups is 2. The van der Waals surface area contributed by atoms with Crippen LogP contribution in [0.4, 0.5) is 5.69 Å². The zero-order chi connectivity index (χ0) is 21.8. The second-order valence-electron chi connectivity index (χ2n) is 7.15. The Morgan fingerprint density at radius 1 is 0.935 bits per heavy atom. The van der Waals surface area contributed by atoms with Crippen LogP contribution in [0, 0.1) is 0 Å². The maximum absolute atomic E-state index is 13.2. The molecule has 0 bridgehead atoms. The molecule has 6 nitrogen and oxygen atoms in total. The second-order valence-corrected chi connectivity index (χ2v) is 8.10. The number of amides is 2. The SMILES string of the molecule is CN(Cc1cnn(-c2ccccc2)c1)C(=O)c1ccccc1N(C)C(=O)c1cccs1. The molecule has 0 aliphatic carbocycles. The summed E-state index contributed by atoms with van der Waals surface area (Å²) in [4.78, 5) is 29.8. The molecule has 0 aliphatic rings. The lowest BCUT2D eigenvalue weighted by molar-refractivity contribution is 0.0786. The van der Waals surface area contributed by atoms with Gasteiger partial charge in [0.25, 0.3) is 11.8 Å². The van der Waals surface area contributed by atoms with Gasteiger partial charge in [0.15, 0.2) is 0 Å². The zero-order valence-corrected chi connectivity index (χ0v) is 18.1. The van der Waals surface area contributed by atoms with Gasteiger partial charge in [-0.05, 0) is 35.7 Å². The summed E-state index contributed by atoms with van der Waals surface area (Å²) < 4.78 is 1.79. The molecular formula is C24H22N4O2S. The lowest BCUT2D eigenvalue weighted by Gasteiger charge is -2.23. The molecular weight excluding hydrogens is 408 g/mol. The lowest BCUT2D eigenvalue weighted by atomic mass is 10.1. The van der Waals surface area contributed by atoms with E-state index in [4.69, 9.17) is 0 Å². The summed E-state index contributed by atoms with van der Waals surface area (Å²) in [7, 11) is 3.44. The molecule has 0 unspecified atom stereocenters. The van der Waals surface area contributed by atoms with Crippen LogP contribution in [-0.4, -0.2) is 40.6 Å². The first kappa shape index (κ1) is 20.6. The van der Waals surface area contributed by atoms with Crippen LogP contribution in [0.3, 0.4) is 0 Å². The normalized spacial score (nSPS) is 10.6. The fourth-order valence-corrected chi connectivity index (χ4v) is 4.04. The van der Waals surface area contributed by atoms with Crippen LogP contribution < -0.4 is 4.90 Å². The summed E-state index contributed by atoms with van der Waals surface area (Å²) in [6.07, 6.45) is 3.67. The number of para-hydroxylation sites is 2. The summed E-state index contributed by atoms with van der Waals surface area (Å²) in [5, 5.41) is 6.26. The minimum absolute atomic E-state index is 0.137. The molecule has 0 fully saturated rings. The number of hydrogen-bond acceptors (Lipinski definition) is 4. The van der Waals surface area contributed by atoms with E-state index in [1.54, 1.807) is 48.1 Å². The fraction of sp³-hybridized carbons (Fsp3) is 0.125. The highest BCUT2D eigenvalue weighted by Gasteiger charge is 2.22. The van der Waals surface area contributed by atoms with E-state index in [-0.39, 0.29) is 11.8 Å². The van der Waals surface area contributed by atoms with E-state index < -0.39 is 0 Å². The van der Waals surface area contributed by atoms with Crippen molar-refractivity contribution in [2.24, 2.45) is 0 Å². The standard InChI is InChI=1S/C24H22N4O2S/c1-26(16-18-15-25-28(17-18)19-9-4-3-5-10-19)23(29)20-11-6-7-12-21(20)27(2)24(30)22-13-8-14-31-22/h3-15,17H,16H2,1-2H3. The monoisotopic (exact) mass is 430 g/mol. The van der Waals surface area contributed by atoms with Crippen LogP contribution in [0.15, 0.2) is 84.5 Å². The largest absolute Gasteiger partial charge is 0.337 e. The molecule has 0 radical (unpaired) electrons. The molecule has 0 spiro atoms. The summed E-state index contributed by atoms with van der Waals surface area (Å²) in [5.41, 5.74) is 2.94. The summed E-state index contributed by atoms with van der Waals surface area (Å²) in [5.74, 6) is -0.295. The lowest BCUT2D eigenvalue weighted by Crippen LogP contribution is -2.31. The van der Waals surface area contributed by atoms with Crippen molar-refractivity contribution in [2.45, 2.75) is 6.54 Å². The molecule has 0 aliphatic heterocycles. The number of anilines is 1. The van der Waals surface area contributed by atoms with Crippen molar-refractivity contribution >= 4 is 28.8 Å². The number of aromatic nitrogens is 2. The van der Waals surface area contributed by atoms with Gasteiger partial charge in [0.1, 0.15) is 0 Å². The molecule has 0 N–H and O–H groups in total. The van der Waals surface area contributed by atoms with Crippen LogP contribution in [0.1, 0.15) is 25.6 Å². The van der Waals surface area contributed by atoms with Crippen molar-refractivity contribution in [3.8, 4) is 5.69 Å². The smallest absolute Gasteiger partial charge is 0.268 e. The maximum atomic E-state index is 13.2. The van der Waals surface area contributed by atoms with Gasteiger partial charge in [0.05, 0.1) is 28.0 Å². The average molecular weight is 431 g/mol. The predicted octanol–water partition coefficient (Wildman–Crippen LogP) is 4.48. The van der Waals surface area contributed by atoms with E-state index in [1.807, 2.05) is 60.1 Å². The quantitative estimate of drug-likeness (QED) is 0.453. The maximum Gasteiger partial charge on any atom is 0.268 e. The van der Waals surface area contributed by atoms with E-state index in [1.165, 1.54) is 16.2 Å². The van der Waals surface area contributed by atoms with Gasteiger partial charge in [0.2, 0.25) is 0 Å². The van der Waals surface area contributed by atoms with Crippen LogP contribution in [-0.2, 0) is 6.54 Å². The second kappa shape index (κ2) is 8.97. The first-order valence-electron chi connectivity index (χ1n) is 9.79. The van der Waals surface area contributed by atoms with Gasteiger partial charge in [-0.25, -0.2) is 4.68 Å². The van der Waals surface area contributed by atoms with Gasteiger partial charge < -0.3 is 9.80 Å². The van der Waals surface area contributed by atoms with Crippen molar-refractivity contribution in [3.63, 3.8) is 0 Å². The molecule has 0 saturated heterocycles. The average Bonchev–Trinajstić information content (AvgIpc) is 3.51. The molecule has 2 aromatic carbocycles. The molecule has 156 valence electrons. The van der Waals surface area contributed by atoms with Crippen molar-refractivity contribution < 1.29 is 9.59 Å².